The quantitative estimate of drug-likeness (QED) is 0.599. The SMILES string of the molecule is C/C=C/C(=O)N1CC(C(=O)NC)C1. The minimum absolute atomic E-state index is 0.0114. The molecule has 4 heteroatoms. The Labute approximate surface area is 77.6 Å². The summed E-state index contributed by atoms with van der Waals surface area (Å²) in [6.07, 6.45) is 3.22. The van der Waals surface area contributed by atoms with Gasteiger partial charge in [-0.3, -0.25) is 9.59 Å². The third kappa shape index (κ3) is 2.08. The van der Waals surface area contributed by atoms with Gasteiger partial charge in [0.05, 0.1) is 5.92 Å². The highest BCUT2D eigenvalue weighted by Crippen LogP contribution is 2.15. The summed E-state index contributed by atoms with van der Waals surface area (Å²) in [6, 6.07) is 0. The van der Waals surface area contributed by atoms with Crippen molar-refractivity contribution in [3.63, 3.8) is 0 Å². The van der Waals surface area contributed by atoms with E-state index in [2.05, 4.69) is 5.32 Å². The zero-order valence-electron chi connectivity index (χ0n) is 7.91. The fourth-order valence-corrected chi connectivity index (χ4v) is 1.28. The number of rotatable bonds is 2. The summed E-state index contributed by atoms with van der Waals surface area (Å²) in [4.78, 5) is 23.9. The summed E-state index contributed by atoms with van der Waals surface area (Å²) in [6.45, 7) is 2.89. The molecule has 0 spiro atoms. The van der Waals surface area contributed by atoms with Crippen LogP contribution in [0.25, 0.3) is 0 Å². The van der Waals surface area contributed by atoms with Gasteiger partial charge in [0, 0.05) is 20.1 Å². The van der Waals surface area contributed by atoms with Gasteiger partial charge >= 0.3 is 0 Å². The number of amides is 2. The standard InChI is InChI=1S/C9H14N2O2/c1-3-4-8(12)11-5-7(6-11)9(13)10-2/h3-4,7H,5-6H2,1-2H3,(H,10,13)/b4-3+. The van der Waals surface area contributed by atoms with E-state index in [0.29, 0.717) is 13.1 Å². The number of hydrogen-bond acceptors (Lipinski definition) is 2. The second-order valence-electron chi connectivity index (χ2n) is 3.05. The number of nitrogens with zero attached hydrogens (tertiary/aromatic N) is 1. The van der Waals surface area contributed by atoms with Crippen molar-refractivity contribution in [3.8, 4) is 0 Å². The van der Waals surface area contributed by atoms with Crippen molar-refractivity contribution in [1.29, 1.82) is 0 Å². The molecule has 0 atom stereocenters. The fourth-order valence-electron chi connectivity index (χ4n) is 1.28. The first-order valence-electron chi connectivity index (χ1n) is 4.32. The number of nitrogens with one attached hydrogen (secondary N) is 1. The average molecular weight is 182 g/mol. The smallest absolute Gasteiger partial charge is 0.246 e. The van der Waals surface area contributed by atoms with Crippen molar-refractivity contribution in [2.24, 2.45) is 5.92 Å². The van der Waals surface area contributed by atoms with Crippen molar-refractivity contribution in [3.05, 3.63) is 12.2 Å². The molecular weight excluding hydrogens is 168 g/mol. The molecule has 72 valence electrons. The molecule has 1 fully saturated rings. The summed E-state index contributed by atoms with van der Waals surface area (Å²) in [5.74, 6) is -0.00797. The zero-order chi connectivity index (χ0) is 9.84. The van der Waals surface area contributed by atoms with Crippen LogP contribution in [0, 0.1) is 5.92 Å². The zero-order valence-corrected chi connectivity index (χ0v) is 7.91. The van der Waals surface area contributed by atoms with Crippen LogP contribution < -0.4 is 5.32 Å². The van der Waals surface area contributed by atoms with E-state index in [1.165, 1.54) is 6.08 Å². The number of likely N-dealkylation sites (tertiary alicyclic amines) is 1. The lowest BCUT2D eigenvalue weighted by Crippen LogP contribution is -2.54. The molecular formula is C9H14N2O2. The maximum Gasteiger partial charge on any atom is 0.246 e. The Morgan fingerprint density at radius 3 is 2.54 bits per heavy atom. The molecule has 0 saturated carbocycles. The Kier molecular flexibility index (Phi) is 3.06. The molecule has 0 unspecified atom stereocenters. The van der Waals surface area contributed by atoms with Gasteiger partial charge in [0.2, 0.25) is 11.8 Å². The predicted molar refractivity (Wildman–Crippen MR) is 49.0 cm³/mol. The van der Waals surface area contributed by atoms with Crippen LogP contribution in [0.5, 0.6) is 0 Å². The molecule has 1 N–H and O–H groups in total. The Morgan fingerprint density at radius 1 is 1.46 bits per heavy atom. The topological polar surface area (TPSA) is 49.4 Å². The molecule has 13 heavy (non-hydrogen) atoms. The van der Waals surface area contributed by atoms with Gasteiger partial charge in [0.1, 0.15) is 0 Å². The molecule has 1 aliphatic rings. The first-order valence-corrected chi connectivity index (χ1v) is 4.32. The largest absolute Gasteiger partial charge is 0.359 e. The van der Waals surface area contributed by atoms with E-state index >= 15 is 0 Å². The van der Waals surface area contributed by atoms with Crippen LogP contribution in [0.3, 0.4) is 0 Å². The molecule has 0 aromatic carbocycles. The van der Waals surface area contributed by atoms with Crippen LogP contribution >= 0.6 is 0 Å². The Morgan fingerprint density at radius 2 is 2.08 bits per heavy atom. The van der Waals surface area contributed by atoms with Crippen molar-refractivity contribution in [1.82, 2.24) is 10.2 Å². The minimum Gasteiger partial charge on any atom is -0.359 e. The van der Waals surface area contributed by atoms with E-state index in [9.17, 15) is 9.59 Å². The first kappa shape index (κ1) is 9.77. The maximum atomic E-state index is 11.2. The number of carbonyl (C=O) groups excluding carboxylic acids is 2. The van der Waals surface area contributed by atoms with Gasteiger partial charge in [-0.05, 0) is 13.0 Å². The normalized spacial score (nSPS) is 17.2. The average Bonchev–Trinajstić information content (AvgIpc) is 2.01. The van der Waals surface area contributed by atoms with Gasteiger partial charge in [-0.15, -0.1) is 0 Å². The molecule has 0 aromatic heterocycles. The lowest BCUT2D eigenvalue weighted by Gasteiger charge is -2.37. The third-order valence-electron chi connectivity index (χ3n) is 2.12. The number of allylic oxidation sites excluding steroid dienone is 1. The second kappa shape index (κ2) is 4.07. The Hall–Kier alpha value is -1.32. The van der Waals surface area contributed by atoms with Crippen molar-refractivity contribution < 1.29 is 9.59 Å². The molecule has 4 nitrogen and oxygen atoms in total. The van der Waals surface area contributed by atoms with Gasteiger partial charge in [-0.1, -0.05) is 6.08 Å². The molecule has 2 amide bonds. The second-order valence-corrected chi connectivity index (χ2v) is 3.05. The highest BCUT2D eigenvalue weighted by molar-refractivity contribution is 5.90. The molecule has 1 saturated heterocycles. The summed E-state index contributed by atoms with van der Waals surface area (Å²) in [7, 11) is 1.61. The summed E-state index contributed by atoms with van der Waals surface area (Å²) in [5, 5.41) is 2.56. The Bertz CT molecular complexity index is 242. The lowest BCUT2D eigenvalue weighted by molar-refractivity contribution is -0.139. The van der Waals surface area contributed by atoms with E-state index in [4.69, 9.17) is 0 Å². The fraction of sp³-hybridized carbons (Fsp3) is 0.556. The van der Waals surface area contributed by atoms with E-state index in [1.54, 1.807) is 24.9 Å². The van der Waals surface area contributed by atoms with Gasteiger partial charge in [-0.2, -0.15) is 0 Å². The van der Waals surface area contributed by atoms with Crippen molar-refractivity contribution in [2.75, 3.05) is 20.1 Å². The van der Waals surface area contributed by atoms with Crippen LogP contribution in [0.15, 0.2) is 12.2 Å². The number of hydrogen-bond donors (Lipinski definition) is 1. The summed E-state index contributed by atoms with van der Waals surface area (Å²) < 4.78 is 0. The highest BCUT2D eigenvalue weighted by atomic mass is 16.2. The first-order chi connectivity index (χ1) is 6.19. The molecule has 1 heterocycles. The Balaban J connectivity index is 2.33. The van der Waals surface area contributed by atoms with Crippen LogP contribution in [0.1, 0.15) is 6.92 Å². The summed E-state index contributed by atoms with van der Waals surface area (Å²) in [5.41, 5.74) is 0. The molecule has 0 aromatic rings. The van der Waals surface area contributed by atoms with Crippen molar-refractivity contribution in [2.45, 2.75) is 6.92 Å². The van der Waals surface area contributed by atoms with Crippen LogP contribution in [0.4, 0.5) is 0 Å². The van der Waals surface area contributed by atoms with E-state index in [1.807, 2.05) is 0 Å². The lowest BCUT2D eigenvalue weighted by atomic mass is 9.99. The maximum absolute atomic E-state index is 11.2. The molecule has 1 aliphatic heterocycles. The van der Waals surface area contributed by atoms with Crippen molar-refractivity contribution >= 4 is 11.8 Å². The van der Waals surface area contributed by atoms with Gasteiger partial charge in [-0.25, -0.2) is 0 Å². The van der Waals surface area contributed by atoms with Gasteiger partial charge < -0.3 is 10.2 Å². The van der Waals surface area contributed by atoms with Crippen LogP contribution in [0.2, 0.25) is 0 Å². The van der Waals surface area contributed by atoms with Crippen LogP contribution in [-0.4, -0.2) is 36.9 Å². The minimum atomic E-state index is -0.0146. The molecule has 0 aliphatic carbocycles. The molecule has 0 bridgehead atoms. The molecule has 1 rings (SSSR count). The van der Waals surface area contributed by atoms with Gasteiger partial charge in [0.15, 0.2) is 0 Å². The van der Waals surface area contributed by atoms with E-state index < -0.39 is 0 Å². The van der Waals surface area contributed by atoms with E-state index in [-0.39, 0.29) is 17.7 Å². The highest BCUT2D eigenvalue weighted by Gasteiger charge is 2.33. The predicted octanol–water partition coefficient (Wildman–Crippen LogP) is -0.233. The van der Waals surface area contributed by atoms with E-state index in [0.717, 1.165) is 0 Å². The summed E-state index contributed by atoms with van der Waals surface area (Å²) >= 11 is 0. The van der Waals surface area contributed by atoms with Crippen LogP contribution in [-0.2, 0) is 9.59 Å². The molecule has 0 radical (unpaired) electrons. The third-order valence-corrected chi connectivity index (χ3v) is 2.12. The monoisotopic (exact) mass is 182 g/mol. The number of carbonyl (C=O) groups is 2. The van der Waals surface area contributed by atoms with Gasteiger partial charge in [0.25, 0.3) is 0 Å².